The third-order valence-corrected chi connectivity index (χ3v) is 2.74. The summed E-state index contributed by atoms with van der Waals surface area (Å²) in [4.78, 5) is 0. The standard InChI is InChI=1S/C14H21N3O/c1-9-5-10(6-11(7-15)13(9)16)12(18)8-17-14(2,3)4/h5-6,12,17-18H,8,16H2,1-4H3. The van der Waals surface area contributed by atoms with E-state index in [4.69, 9.17) is 11.0 Å². The number of hydrogen-bond donors (Lipinski definition) is 3. The van der Waals surface area contributed by atoms with Gasteiger partial charge in [0.2, 0.25) is 0 Å². The van der Waals surface area contributed by atoms with Crippen molar-refractivity contribution in [1.29, 1.82) is 5.26 Å². The van der Waals surface area contributed by atoms with Crippen LogP contribution < -0.4 is 11.1 Å². The molecule has 0 fully saturated rings. The number of β-amino-alcohol motifs (C(OH)–C–C–N with tert-alkyl or cyclic N) is 1. The van der Waals surface area contributed by atoms with Crippen LogP contribution in [0, 0.1) is 18.3 Å². The average molecular weight is 247 g/mol. The van der Waals surface area contributed by atoms with Gasteiger partial charge in [0.15, 0.2) is 0 Å². The molecule has 4 nitrogen and oxygen atoms in total. The predicted molar refractivity (Wildman–Crippen MR) is 73.0 cm³/mol. The number of aliphatic hydroxyl groups excluding tert-OH is 1. The van der Waals surface area contributed by atoms with Crippen LogP contribution in [0.5, 0.6) is 0 Å². The van der Waals surface area contributed by atoms with Gasteiger partial charge in [-0.1, -0.05) is 6.07 Å². The molecular weight excluding hydrogens is 226 g/mol. The topological polar surface area (TPSA) is 82.1 Å². The normalized spacial score (nSPS) is 13.1. The van der Waals surface area contributed by atoms with Gasteiger partial charge >= 0.3 is 0 Å². The molecule has 0 heterocycles. The zero-order valence-electron chi connectivity index (χ0n) is 11.4. The summed E-state index contributed by atoms with van der Waals surface area (Å²) in [5, 5.41) is 22.3. The molecule has 0 aliphatic carbocycles. The molecule has 1 aromatic rings. The highest BCUT2D eigenvalue weighted by atomic mass is 16.3. The first-order chi connectivity index (χ1) is 8.24. The van der Waals surface area contributed by atoms with Crippen molar-refractivity contribution in [3.05, 3.63) is 28.8 Å². The van der Waals surface area contributed by atoms with Gasteiger partial charge in [-0.2, -0.15) is 5.26 Å². The Hall–Kier alpha value is -1.57. The molecule has 1 aromatic carbocycles. The van der Waals surface area contributed by atoms with E-state index in [-0.39, 0.29) is 5.54 Å². The Balaban J connectivity index is 2.91. The lowest BCUT2D eigenvalue weighted by molar-refractivity contribution is 0.163. The fourth-order valence-electron chi connectivity index (χ4n) is 1.63. The van der Waals surface area contributed by atoms with Gasteiger partial charge in [-0.3, -0.25) is 0 Å². The lowest BCUT2D eigenvalue weighted by atomic mass is 10.00. The maximum Gasteiger partial charge on any atom is 0.101 e. The van der Waals surface area contributed by atoms with Gasteiger partial charge in [-0.25, -0.2) is 0 Å². The first kappa shape index (κ1) is 14.5. The Morgan fingerprint density at radius 1 is 1.44 bits per heavy atom. The van der Waals surface area contributed by atoms with E-state index in [0.717, 1.165) is 11.1 Å². The molecule has 0 radical (unpaired) electrons. The number of nitrogens with one attached hydrogen (secondary N) is 1. The Bertz CT molecular complexity index is 469. The van der Waals surface area contributed by atoms with E-state index in [9.17, 15) is 5.11 Å². The van der Waals surface area contributed by atoms with Crippen molar-refractivity contribution in [1.82, 2.24) is 5.32 Å². The fourth-order valence-corrected chi connectivity index (χ4v) is 1.63. The molecule has 18 heavy (non-hydrogen) atoms. The second kappa shape index (κ2) is 5.38. The Morgan fingerprint density at radius 3 is 2.56 bits per heavy atom. The number of rotatable bonds is 3. The SMILES string of the molecule is Cc1cc(C(O)CNC(C)(C)C)cc(C#N)c1N. The van der Waals surface area contributed by atoms with Crippen molar-refractivity contribution in [2.75, 3.05) is 12.3 Å². The van der Waals surface area contributed by atoms with Crippen molar-refractivity contribution in [2.45, 2.75) is 39.3 Å². The van der Waals surface area contributed by atoms with Gasteiger partial charge in [0.05, 0.1) is 17.4 Å². The fraction of sp³-hybridized carbons (Fsp3) is 0.500. The quantitative estimate of drug-likeness (QED) is 0.712. The minimum Gasteiger partial charge on any atom is -0.397 e. The highest BCUT2D eigenvalue weighted by Gasteiger charge is 2.15. The van der Waals surface area contributed by atoms with Crippen molar-refractivity contribution in [3.8, 4) is 6.07 Å². The number of anilines is 1. The average Bonchev–Trinajstić information content (AvgIpc) is 2.28. The van der Waals surface area contributed by atoms with Crippen molar-refractivity contribution < 1.29 is 5.11 Å². The number of aliphatic hydroxyl groups is 1. The number of nitrogens with two attached hydrogens (primary N) is 1. The Kier molecular flexibility index (Phi) is 4.33. The zero-order valence-corrected chi connectivity index (χ0v) is 11.4. The molecule has 4 heteroatoms. The summed E-state index contributed by atoms with van der Waals surface area (Å²) in [6.45, 7) is 8.39. The molecule has 0 aliphatic rings. The van der Waals surface area contributed by atoms with Crippen LogP contribution in [0.4, 0.5) is 5.69 Å². The predicted octanol–water partition coefficient (Wildman–Crippen LogP) is 1.87. The maximum atomic E-state index is 10.1. The summed E-state index contributed by atoms with van der Waals surface area (Å²) in [7, 11) is 0. The number of nitriles is 1. The van der Waals surface area contributed by atoms with E-state index >= 15 is 0 Å². The summed E-state index contributed by atoms with van der Waals surface area (Å²) >= 11 is 0. The molecule has 0 saturated carbocycles. The molecule has 0 aromatic heterocycles. The third kappa shape index (κ3) is 3.73. The van der Waals surface area contributed by atoms with Crippen LogP contribution in [0.25, 0.3) is 0 Å². The lowest BCUT2D eigenvalue weighted by Crippen LogP contribution is -2.38. The Labute approximate surface area is 108 Å². The monoisotopic (exact) mass is 247 g/mol. The highest BCUT2D eigenvalue weighted by molar-refractivity contribution is 5.60. The first-order valence-electron chi connectivity index (χ1n) is 5.98. The van der Waals surface area contributed by atoms with E-state index in [1.807, 2.05) is 39.8 Å². The van der Waals surface area contributed by atoms with Gasteiger partial charge in [0.25, 0.3) is 0 Å². The summed E-state index contributed by atoms with van der Waals surface area (Å²) in [6.07, 6.45) is -0.643. The summed E-state index contributed by atoms with van der Waals surface area (Å²) < 4.78 is 0. The largest absolute Gasteiger partial charge is 0.397 e. The zero-order chi connectivity index (χ0) is 13.9. The van der Waals surface area contributed by atoms with Crippen LogP contribution in [0.3, 0.4) is 0 Å². The van der Waals surface area contributed by atoms with Gasteiger partial charge in [0, 0.05) is 12.1 Å². The second-order valence-corrected chi connectivity index (χ2v) is 5.56. The van der Waals surface area contributed by atoms with Gasteiger partial charge in [0.1, 0.15) is 6.07 Å². The summed E-state index contributed by atoms with van der Waals surface area (Å²) in [6, 6.07) is 5.52. The molecule has 4 N–H and O–H groups in total. The molecule has 0 aliphatic heterocycles. The van der Waals surface area contributed by atoms with Crippen LogP contribution in [0.2, 0.25) is 0 Å². The minimum atomic E-state index is -0.643. The number of hydrogen-bond acceptors (Lipinski definition) is 4. The van der Waals surface area contributed by atoms with Crippen LogP contribution in [-0.2, 0) is 0 Å². The first-order valence-corrected chi connectivity index (χ1v) is 5.98. The molecule has 0 amide bonds. The molecule has 1 atom stereocenters. The van der Waals surface area contributed by atoms with E-state index < -0.39 is 6.10 Å². The van der Waals surface area contributed by atoms with Gasteiger partial charge in [-0.15, -0.1) is 0 Å². The number of nitrogens with zero attached hydrogens (tertiary/aromatic N) is 1. The second-order valence-electron chi connectivity index (χ2n) is 5.56. The van der Waals surface area contributed by atoms with Gasteiger partial charge in [-0.05, 0) is 44.9 Å². The van der Waals surface area contributed by atoms with Crippen molar-refractivity contribution >= 4 is 5.69 Å². The van der Waals surface area contributed by atoms with Gasteiger partial charge < -0.3 is 16.2 Å². The smallest absolute Gasteiger partial charge is 0.101 e. The molecule has 98 valence electrons. The van der Waals surface area contributed by atoms with Crippen molar-refractivity contribution in [2.24, 2.45) is 0 Å². The van der Waals surface area contributed by atoms with Crippen LogP contribution >= 0.6 is 0 Å². The summed E-state index contributed by atoms with van der Waals surface area (Å²) in [5.41, 5.74) is 8.17. The molecule has 0 saturated heterocycles. The Morgan fingerprint density at radius 2 is 2.06 bits per heavy atom. The third-order valence-electron chi connectivity index (χ3n) is 2.74. The molecule has 1 rings (SSSR count). The maximum absolute atomic E-state index is 10.1. The van der Waals surface area contributed by atoms with E-state index in [1.54, 1.807) is 6.07 Å². The molecule has 1 unspecified atom stereocenters. The van der Waals surface area contributed by atoms with E-state index in [2.05, 4.69) is 5.32 Å². The number of aryl methyl sites for hydroxylation is 1. The van der Waals surface area contributed by atoms with Crippen LogP contribution in [0.15, 0.2) is 12.1 Å². The molecule has 0 bridgehead atoms. The summed E-state index contributed by atoms with van der Waals surface area (Å²) in [5.74, 6) is 0. The van der Waals surface area contributed by atoms with Crippen LogP contribution in [-0.4, -0.2) is 17.2 Å². The lowest BCUT2D eigenvalue weighted by Gasteiger charge is -2.23. The highest BCUT2D eigenvalue weighted by Crippen LogP contribution is 2.23. The number of nitrogen functional groups attached to an aromatic ring is 1. The van der Waals surface area contributed by atoms with Crippen molar-refractivity contribution in [3.63, 3.8) is 0 Å². The molecular formula is C14H21N3O. The van der Waals surface area contributed by atoms with Crippen LogP contribution in [0.1, 0.15) is 43.6 Å². The van der Waals surface area contributed by atoms with E-state index in [0.29, 0.717) is 17.8 Å². The molecule has 0 spiro atoms. The van der Waals surface area contributed by atoms with E-state index in [1.165, 1.54) is 0 Å². The number of benzene rings is 1. The minimum absolute atomic E-state index is 0.0537.